The molecular weight excluding hydrogens is 200 g/mol. The van der Waals surface area contributed by atoms with Crippen LogP contribution in [0.25, 0.3) is 0 Å². The molecular formula is C13H22N2O. The summed E-state index contributed by atoms with van der Waals surface area (Å²) in [4.78, 5) is 0. The first-order chi connectivity index (χ1) is 7.69. The predicted molar refractivity (Wildman–Crippen MR) is 67.6 cm³/mol. The van der Waals surface area contributed by atoms with Gasteiger partial charge in [0.1, 0.15) is 0 Å². The second kappa shape index (κ2) is 6.63. The van der Waals surface area contributed by atoms with E-state index in [2.05, 4.69) is 37.4 Å². The number of benzene rings is 1. The van der Waals surface area contributed by atoms with E-state index in [1.165, 1.54) is 16.7 Å². The van der Waals surface area contributed by atoms with Gasteiger partial charge < -0.3 is 15.8 Å². The molecule has 0 radical (unpaired) electrons. The van der Waals surface area contributed by atoms with Gasteiger partial charge in [-0.1, -0.05) is 23.8 Å². The Morgan fingerprint density at radius 3 is 2.69 bits per heavy atom. The highest BCUT2D eigenvalue weighted by Crippen LogP contribution is 2.17. The van der Waals surface area contributed by atoms with Crippen LogP contribution in [0, 0.1) is 13.8 Å². The van der Waals surface area contributed by atoms with Crippen molar-refractivity contribution < 1.29 is 4.74 Å². The summed E-state index contributed by atoms with van der Waals surface area (Å²) in [6, 6.07) is 6.69. The first-order valence-electron chi connectivity index (χ1n) is 5.68. The highest BCUT2D eigenvalue weighted by molar-refractivity contribution is 5.33. The third-order valence-electron chi connectivity index (χ3n) is 2.73. The summed E-state index contributed by atoms with van der Waals surface area (Å²) in [6.07, 6.45) is 0. The fourth-order valence-electron chi connectivity index (χ4n) is 1.87. The van der Waals surface area contributed by atoms with Gasteiger partial charge >= 0.3 is 0 Å². The van der Waals surface area contributed by atoms with Crippen molar-refractivity contribution in [1.82, 2.24) is 5.32 Å². The van der Waals surface area contributed by atoms with E-state index < -0.39 is 0 Å². The Morgan fingerprint density at radius 1 is 1.38 bits per heavy atom. The first kappa shape index (κ1) is 13.2. The molecule has 16 heavy (non-hydrogen) atoms. The van der Waals surface area contributed by atoms with Crippen molar-refractivity contribution in [3.8, 4) is 0 Å². The van der Waals surface area contributed by atoms with Crippen molar-refractivity contribution in [3.05, 3.63) is 34.9 Å². The van der Waals surface area contributed by atoms with Gasteiger partial charge in [-0.25, -0.2) is 0 Å². The van der Waals surface area contributed by atoms with Crippen LogP contribution in [0.2, 0.25) is 0 Å². The zero-order chi connectivity index (χ0) is 12.0. The molecule has 0 aliphatic heterocycles. The Bertz CT molecular complexity index is 326. The van der Waals surface area contributed by atoms with Gasteiger partial charge in [-0.05, 0) is 25.0 Å². The Labute approximate surface area is 98.0 Å². The quantitative estimate of drug-likeness (QED) is 0.718. The van der Waals surface area contributed by atoms with Crippen LogP contribution in [-0.2, 0) is 4.74 Å². The van der Waals surface area contributed by atoms with E-state index in [4.69, 9.17) is 10.5 Å². The summed E-state index contributed by atoms with van der Waals surface area (Å²) < 4.78 is 5.02. The van der Waals surface area contributed by atoms with Gasteiger partial charge in [-0.3, -0.25) is 0 Å². The second-order valence-electron chi connectivity index (χ2n) is 4.10. The van der Waals surface area contributed by atoms with Crippen molar-refractivity contribution in [2.75, 3.05) is 26.8 Å². The number of rotatable bonds is 6. The Balaban J connectivity index is 2.70. The number of hydrogen-bond donors (Lipinski definition) is 2. The lowest BCUT2D eigenvalue weighted by atomic mass is 9.99. The van der Waals surface area contributed by atoms with Crippen LogP contribution >= 0.6 is 0 Å². The van der Waals surface area contributed by atoms with Gasteiger partial charge in [0.25, 0.3) is 0 Å². The number of nitrogens with two attached hydrogens (primary N) is 1. The van der Waals surface area contributed by atoms with E-state index in [1.807, 2.05) is 0 Å². The molecule has 1 aromatic rings. The molecule has 90 valence electrons. The van der Waals surface area contributed by atoms with Crippen molar-refractivity contribution in [2.45, 2.75) is 19.9 Å². The van der Waals surface area contributed by atoms with Gasteiger partial charge in [0.15, 0.2) is 0 Å². The number of hydrogen-bond acceptors (Lipinski definition) is 3. The largest absolute Gasteiger partial charge is 0.383 e. The maximum atomic E-state index is 5.79. The molecule has 0 saturated carbocycles. The van der Waals surface area contributed by atoms with Crippen LogP contribution in [0.5, 0.6) is 0 Å². The van der Waals surface area contributed by atoms with Gasteiger partial charge in [0.05, 0.1) is 6.61 Å². The highest BCUT2D eigenvalue weighted by atomic mass is 16.5. The molecule has 0 fully saturated rings. The number of nitrogens with one attached hydrogen (secondary N) is 1. The van der Waals surface area contributed by atoms with Crippen LogP contribution in [-0.4, -0.2) is 26.8 Å². The number of aryl methyl sites for hydroxylation is 2. The van der Waals surface area contributed by atoms with Gasteiger partial charge in [-0.2, -0.15) is 0 Å². The Hall–Kier alpha value is -0.900. The maximum absolute atomic E-state index is 5.79. The fourth-order valence-corrected chi connectivity index (χ4v) is 1.87. The number of methoxy groups -OCH3 is 1. The summed E-state index contributed by atoms with van der Waals surface area (Å²) in [5.41, 5.74) is 9.65. The maximum Gasteiger partial charge on any atom is 0.0587 e. The van der Waals surface area contributed by atoms with Crippen LogP contribution in [0.4, 0.5) is 0 Å². The molecule has 0 heterocycles. The van der Waals surface area contributed by atoms with Crippen LogP contribution in [0.15, 0.2) is 18.2 Å². The van der Waals surface area contributed by atoms with Crippen molar-refractivity contribution in [1.29, 1.82) is 0 Å². The summed E-state index contributed by atoms with van der Waals surface area (Å²) in [5.74, 6) is 0. The molecule has 0 aliphatic rings. The molecule has 3 nitrogen and oxygen atoms in total. The molecule has 0 bridgehead atoms. The van der Waals surface area contributed by atoms with Crippen LogP contribution in [0.3, 0.4) is 0 Å². The zero-order valence-electron chi connectivity index (χ0n) is 10.4. The molecule has 0 aromatic heterocycles. The van der Waals surface area contributed by atoms with E-state index in [0.717, 1.165) is 6.54 Å². The van der Waals surface area contributed by atoms with Crippen LogP contribution in [0.1, 0.15) is 22.7 Å². The molecule has 0 amide bonds. The highest BCUT2D eigenvalue weighted by Gasteiger charge is 2.10. The van der Waals surface area contributed by atoms with E-state index in [1.54, 1.807) is 7.11 Å². The van der Waals surface area contributed by atoms with Gasteiger partial charge in [0, 0.05) is 26.2 Å². The average Bonchev–Trinajstić information content (AvgIpc) is 2.26. The lowest BCUT2D eigenvalue weighted by Crippen LogP contribution is -2.31. The Morgan fingerprint density at radius 2 is 2.12 bits per heavy atom. The lowest BCUT2D eigenvalue weighted by molar-refractivity contribution is 0.196. The van der Waals surface area contributed by atoms with Gasteiger partial charge in [0.2, 0.25) is 0 Å². The van der Waals surface area contributed by atoms with E-state index in [0.29, 0.717) is 13.2 Å². The summed E-state index contributed by atoms with van der Waals surface area (Å²) in [6.45, 7) is 6.37. The van der Waals surface area contributed by atoms with Crippen molar-refractivity contribution >= 4 is 0 Å². The molecule has 1 rings (SSSR count). The predicted octanol–water partition coefficient (Wildman–Crippen LogP) is 1.54. The standard InChI is InChI=1S/C13H22N2O/c1-10-4-5-12(11(2)8-10)13(9-14)15-6-7-16-3/h4-5,8,13,15H,6-7,9,14H2,1-3H3. The molecule has 1 unspecified atom stereocenters. The van der Waals surface area contributed by atoms with Gasteiger partial charge in [-0.15, -0.1) is 0 Å². The van der Waals surface area contributed by atoms with E-state index >= 15 is 0 Å². The second-order valence-corrected chi connectivity index (χ2v) is 4.10. The van der Waals surface area contributed by atoms with Crippen molar-refractivity contribution in [3.63, 3.8) is 0 Å². The van der Waals surface area contributed by atoms with E-state index in [-0.39, 0.29) is 6.04 Å². The third-order valence-corrected chi connectivity index (χ3v) is 2.73. The molecule has 1 aromatic carbocycles. The molecule has 1 atom stereocenters. The minimum absolute atomic E-state index is 0.218. The summed E-state index contributed by atoms with van der Waals surface area (Å²) in [5, 5.41) is 3.40. The first-order valence-corrected chi connectivity index (χ1v) is 5.68. The van der Waals surface area contributed by atoms with E-state index in [9.17, 15) is 0 Å². The summed E-state index contributed by atoms with van der Waals surface area (Å²) >= 11 is 0. The summed E-state index contributed by atoms with van der Waals surface area (Å²) in [7, 11) is 1.70. The zero-order valence-corrected chi connectivity index (χ0v) is 10.4. The normalized spacial score (nSPS) is 12.8. The Kier molecular flexibility index (Phi) is 5.46. The fraction of sp³-hybridized carbons (Fsp3) is 0.538. The smallest absolute Gasteiger partial charge is 0.0587 e. The molecule has 3 heteroatoms. The van der Waals surface area contributed by atoms with Crippen molar-refractivity contribution in [2.24, 2.45) is 5.73 Å². The lowest BCUT2D eigenvalue weighted by Gasteiger charge is -2.19. The molecule has 0 spiro atoms. The van der Waals surface area contributed by atoms with Crippen LogP contribution < -0.4 is 11.1 Å². The molecule has 0 saturated heterocycles. The topological polar surface area (TPSA) is 47.3 Å². The minimum Gasteiger partial charge on any atom is -0.383 e. The minimum atomic E-state index is 0.218. The monoisotopic (exact) mass is 222 g/mol. The SMILES string of the molecule is COCCNC(CN)c1ccc(C)cc1C. The number of ether oxygens (including phenoxy) is 1. The average molecular weight is 222 g/mol. The molecule has 0 aliphatic carbocycles. The third kappa shape index (κ3) is 3.59. The molecule has 3 N–H and O–H groups in total.